The van der Waals surface area contributed by atoms with Gasteiger partial charge in [-0.3, -0.25) is 9.00 Å². The van der Waals surface area contributed by atoms with Gasteiger partial charge in [-0.05, 0) is 12.8 Å². The number of rotatable bonds is 3. The van der Waals surface area contributed by atoms with E-state index < -0.39 is 16.8 Å². The molecule has 1 aliphatic heterocycles. The summed E-state index contributed by atoms with van der Waals surface area (Å²) >= 11 is 0. The predicted molar refractivity (Wildman–Crippen MR) is 52.7 cm³/mol. The summed E-state index contributed by atoms with van der Waals surface area (Å²) in [5.41, 5.74) is 5.54. The van der Waals surface area contributed by atoms with Crippen molar-refractivity contribution in [3.8, 4) is 0 Å². The van der Waals surface area contributed by atoms with Gasteiger partial charge in [-0.15, -0.1) is 0 Å². The molecule has 2 unspecified atom stereocenters. The van der Waals surface area contributed by atoms with Gasteiger partial charge < -0.3 is 11.1 Å². The number of carbonyl (C=O) groups excluding carboxylic acids is 1. The van der Waals surface area contributed by atoms with Crippen molar-refractivity contribution in [1.29, 1.82) is 0 Å². The van der Waals surface area contributed by atoms with Crippen molar-refractivity contribution >= 4 is 16.7 Å². The van der Waals surface area contributed by atoms with Crippen LogP contribution >= 0.6 is 0 Å². The molecule has 13 heavy (non-hydrogen) atoms. The third kappa shape index (κ3) is 3.08. The number of amides is 1. The summed E-state index contributed by atoms with van der Waals surface area (Å²) in [6, 6.07) is -0.347. The molecule has 0 bridgehead atoms. The summed E-state index contributed by atoms with van der Waals surface area (Å²) in [5, 5.41) is 2.80. The lowest BCUT2D eigenvalue weighted by Crippen LogP contribution is -2.45. The van der Waals surface area contributed by atoms with E-state index in [1.807, 2.05) is 6.92 Å². The molecule has 3 atom stereocenters. The average Bonchev–Trinajstić information content (AvgIpc) is 2.49. The first-order valence-electron chi connectivity index (χ1n) is 4.54. The smallest absolute Gasteiger partial charge is 0.237 e. The molecule has 1 amide bonds. The zero-order chi connectivity index (χ0) is 9.84. The minimum atomic E-state index is -0.740. The Hall–Kier alpha value is -0.420. The Balaban J connectivity index is 2.32. The Morgan fingerprint density at radius 3 is 2.92 bits per heavy atom. The Morgan fingerprint density at radius 2 is 2.46 bits per heavy atom. The van der Waals surface area contributed by atoms with E-state index in [2.05, 4.69) is 5.32 Å². The van der Waals surface area contributed by atoms with E-state index in [1.54, 1.807) is 0 Å². The van der Waals surface area contributed by atoms with Gasteiger partial charge in [0.1, 0.15) is 0 Å². The van der Waals surface area contributed by atoms with E-state index in [0.717, 1.165) is 6.42 Å². The van der Waals surface area contributed by atoms with E-state index in [1.165, 1.54) is 0 Å². The van der Waals surface area contributed by atoms with Crippen LogP contribution < -0.4 is 11.1 Å². The predicted octanol–water partition coefficient (Wildman–Crippen LogP) is -0.639. The molecule has 0 aliphatic carbocycles. The summed E-state index contributed by atoms with van der Waals surface area (Å²) in [6.45, 7) is 1.87. The molecule has 1 fully saturated rings. The fourth-order valence-electron chi connectivity index (χ4n) is 1.27. The number of hydrogen-bond acceptors (Lipinski definition) is 3. The van der Waals surface area contributed by atoms with Crippen molar-refractivity contribution in [2.75, 3.05) is 11.5 Å². The van der Waals surface area contributed by atoms with Crippen LogP contribution in [0.2, 0.25) is 0 Å². The first-order chi connectivity index (χ1) is 6.13. The Bertz CT molecular complexity index is 220. The molecular weight excluding hydrogens is 188 g/mol. The van der Waals surface area contributed by atoms with Crippen molar-refractivity contribution in [3.05, 3.63) is 0 Å². The molecule has 5 heteroatoms. The van der Waals surface area contributed by atoms with Gasteiger partial charge in [-0.1, -0.05) is 6.92 Å². The summed E-state index contributed by atoms with van der Waals surface area (Å²) in [4.78, 5) is 11.3. The van der Waals surface area contributed by atoms with Gasteiger partial charge in [-0.25, -0.2) is 0 Å². The highest BCUT2D eigenvalue weighted by Gasteiger charge is 2.23. The summed E-state index contributed by atoms with van der Waals surface area (Å²) < 4.78 is 11.0. The van der Waals surface area contributed by atoms with Crippen molar-refractivity contribution < 1.29 is 9.00 Å². The molecule has 0 saturated carbocycles. The topological polar surface area (TPSA) is 72.2 Å². The molecule has 1 saturated heterocycles. The Labute approximate surface area is 80.7 Å². The Morgan fingerprint density at radius 1 is 1.77 bits per heavy atom. The van der Waals surface area contributed by atoms with Gasteiger partial charge in [0.05, 0.1) is 6.04 Å². The second kappa shape index (κ2) is 4.72. The zero-order valence-electron chi connectivity index (χ0n) is 7.79. The van der Waals surface area contributed by atoms with Gasteiger partial charge in [0.2, 0.25) is 5.91 Å². The standard InChI is InChI=1S/C8H16N2O2S/c1-2-7(9)8(11)10-6-3-4-13(12)5-6/h6-7H,2-5,9H2,1H3,(H,10,11)/t6?,7-,13?/m0/s1. The number of carbonyl (C=O) groups is 1. The third-order valence-electron chi connectivity index (χ3n) is 2.20. The molecule has 76 valence electrons. The van der Waals surface area contributed by atoms with E-state index >= 15 is 0 Å². The normalized spacial score (nSPS) is 30.0. The van der Waals surface area contributed by atoms with Crippen LogP contribution in [0, 0.1) is 0 Å². The van der Waals surface area contributed by atoms with E-state index in [0.29, 0.717) is 17.9 Å². The lowest BCUT2D eigenvalue weighted by molar-refractivity contribution is -0.122. The van der Waals surface area contributed by atoms with Crippen LogP contribution in [-0.4, -0.2) is 33.7 Å². The first kappa shape index (κ1) is 10.7. The van der Waals surface area contributed by atoms with Gasteiger partial charge in [0, 0.05) is 28.3 Å². The molecule has 0 aromatic rings. The quantitative estimate of drug-likeness (QED) is 0.642. The van der Waals surface area contributed by atoms with Gasteiger partial charge >= 0.3 is 0 Å². The van der Waals surface area contributed by atoms with Crippen LogP contribution in [0.1, 0.15) is 19.8 Å². The van der Waals surface area contributed by atoms with Gasteiger partial charge in [0.15, 0.2) is 0 Å². The molecule has 1 rings (SSSR count). The largest absolute Gasteiger partial charge is 0.351 e. The summed E-state index contributed by atoms with van der Waals surface area (Å²) in [7, 11) is -0.740. The van der Waals surface area contributed by atoms with Crippen LogP contribution in [0.4, 0.5) is 0 Å². The second-order valence-electron chi connectivity index (χ2n) is 3.32. The van der Waals surface area contributed by atoms with Gasteiger partial charge in [0.25, 0.3) is 0 Å². The lowest BCUT2D eigenvalue weighted by atomic mass is 10.2. The molecule has 4 nitrogen and oxygen atoms in total. The van der Waals surface area contributed by atoms with Crippen molar-refractivity contribution in [2.45, 2.75) is 31.8 Å². The second-order valence-corrected chi connectivity index (χ2v) is 4.94. The Kier molecular flexibility index (Phi) is 3.87. The van der Waals surface area contributed by atoms with E-state index in [4.69, 9.17) is 5.73 Å². The maximum absolute atomic E-state index is 11.3. The minimum Gasteiger partial charge on any atom is -0.351 e. The van der Waals surface area contributed by atoms with Gasteiger partial charge in [-0.2, -0.15) is 0 Å². The highest BCUT2D eigenvalue weighted by molar-refractivity contribution is 7.85. The lowest BCUT2D eigenvalue weighted by Gasteiger charge is -2.14. The molecule has 1 heterocycles. The maximum Gasteiger partial charge on any atom is 0.237 e. The average molecular weight is 204 g/mol. The number of nitrogens with two attached hydrogens (primary N) is 1. The molecule has 1 aliphatic rings. The van der Waals surface area contributed by atoms with Crippen LogP contribution in [0.5, 0.6) is 0 Å². The molecular formula is C8H16N2O2S. The number of hydrogen-bond donors (Lipinski definition) is 2. The SMILES string of the molecule is CC[C@H](N)C(=O)NC1CCS(=O)C1. The fraction of sp³-hybridized carbons (Fsp3) is 0.875. The van der Waals surface area contributed by atoms with Crippen molar-refractivity contribution in [3.63, 3.8) is 0 Å². The van der Waals surface area contributed by atoms with Crippen molar-refractivity contribution in [1.82, 2.24) is 5.32 Å². The summed E-state index contributed by atoms with van der Waals surface area (Å²) in [5.74, 6) is 1.17. The fourth-order valence-corrected chi connectivity index (χ4v) is 2.69. The zero-order valence-corrected chi connectivity index (χ0v) is 8.60. The summed E-state index contributed by atoms with van der Waals surface area (Å²) in [6.07, 6.45) is 1.45. The minimum absolute atomic E-state index is 0.0749. The number of nitrogens with one attached hydrogen (secondary N) is 1. The first-order valence-corrected chi connectivity index (χ1v) is 6.03. The molecule has 3 N–H and O–H groups in total. The maximum atomic E-state index is 11.3. The van der Waals surface area contributed by atoms with Crippen molar-refractivity contribution in [2.24, 2.45) is 5.73 Å². The van der Waals surface area contributed by atoms with E-state index in [9.17, 15) is 9.00 Å². The van der Waals surface area contributed by atoms with Crippen LogP contribution in [0.25, 0.3) is 0 Å². The molecule has 0 radical (unpaired) electrons. The molecule has 0 aromatic heterocycles. The van der Waals surface area contributed by atoms with Crippen LogP contribution in [-0.2, 0) is 15.6 Å². The van der Waals surface area contributed by atoms with Crippen LogP contribution in [0.3, 0.4) is 0 Å². The highest BCUT2D eigenvalue weighted by atomic mass is 32.2. The van der Waals surface area contributed by atoms with Crippen LogP contribution in [0.15, 0.2) is 0 Å². The molecule has 0 aromatic carbocycles. The monoisotopic (exact) mass is 204 g/mol. The van der Waals surface area contributed by atoms with E-state index in [-0.39, 0.29) is 11.9 Å². The third-order valence-corrected chi connectivity index (χ3v) is 3.67. The molecule has 0 spiro atoms. The highest BCUT2D eigenvalue weighted by Crippen LogP contribution is 2.07.